The number of rotatable bonds is 5. The summed E-state index contributed by atoms with van der Waals surface area (Å²) in [6, 6.07) is 5.18. The van der Waals surface area contributed by atoms with Gasteiger partial charge in [0.05, 0.1) is 41.1 Å². The van der Waals surface area contributed by atoms with Gasteiger partial charge in [-0.05, 0) is 39.0 Å². The van der Waals surface area contributed by atoms with Crippen LogP contribution in [0.15, 0.2) is 23.6 Å². The number of benzene rings is 1. The second-order valence-electron chi connectivity index (χ2n) is 5.68. The number of amides is 1. The van der Waals surface area contributed by atoms with Gasteiger partial charge in [0.15, 0.2) is 5.13 Å². The molecule has 2 heterocycles. The van der Waals surface area contributed by atoms with Crippen molar-refractivity contribution in [1.82, 2.24) is 15.0 Å². The van der Waals surface area contributed by atoms with Crippen molar-refractivity contribution < 1.29 is 14.3 Å². The predicted molar refractivity (Wildman–Crippen MR) is 99.4 cm³/mol. The Morgan fingerprint density at radius 2 is 1.85 bits per heavy atom. The predicted octanol–water partition coefficient (Wildman–Crippen LogP) is 3.06. The molecule has 0 saturated carbocycles. The van der Waals surface area contributed by atoms with Gasteiger partial charge in [-0.3, -0.25) is 14.9 Å². The first-order valence-electron chi connectivity index (χ1n) is 8.12. The second kappa shape index (κ2) is 7.57. The van der Waals surface area contributed by atoms with Crippen molar-refractivity contribution in [2.45, 2.75) is 27.2 Å². The van der Waals surface area contributed by atoms with E-state index in [0.717, 1.165) is 16.9 Å². The molecule has 0 saturated heterocycles. The van der Waals surface area contributed by atoms with Gasteiger partial charge in [0.2, 0.25) is 0 Å². The van der Waals surface area contributed by atoms with Crippen LogP contribution in [0.4, 0.5) is 5.13 Å². The molecule has 0 unspecified atom stereocenters. The summed E-state index contributed by atoms with van der Waals surface area (Å²) in [6.45, 7) is 5.87. The van der Waals surface area contributed by atoms with E-state index in [9.17, 15) is 9.59 Å². The van der Waals surface area contributed by atoms with E-state index >= 15 is 0 Å². The zero-order chi connectivity index (χ0) is 18.7. The summed E-state index contributed by atoms with van der Waals surface area (Å²) in [5.74, 6) is -0.626. The highest BCUT2D eigenvalue weighted by atomic mass is 32.1. The molecule has 1 N–H and O–H groups in total. The van der Waals surface area contributed by atoms with Gasteiger partial charge in [-0.15, -0.1) is 11.3 Å². The van der Waals surface area contributed by atoms with Crippen LogP contribution in [0.1, 0.15) is 34.4 Å². The molecular formula is C18H18N4O3S. The maximum Gasteiger partial charge on any atom is 0.311 e. The Morgan fingerprint density at radius 1 is 1.12 bits per heavy atom. The zero-order valence-corrected chi connectivity index (χ0v) is 15.5. The first-order chi connectivity index (χ1) is 12.5. The lowest BCUT2D eigenvalue weighted by molar-refractivity contribution is -0.142. The molecule has 0 fully saturated rings. The lowest BCUT2D eigenvalue weighted by Crippen LogP contribution is -2.12. The van der Waals surface area contributed by atoms with E-state index in [4.69, 9.17) is 4.74 Å². The van der Waals surface area contributed by atoms with Crippen molar-refractivity contribution in [3.8, 4) is 0 Å². The topological polar surface area (TPSA) is 94.1 Å². The standard InChI is InChI=1S/C18H18N4O3S/c1-4-25-16(23)8-13-9-26-18(21-13)22-17(24)12-5-6-14-15(7-12)20-11(3)10(2)19-14/h5-7,9H,4,8H2,1-3H3,(H,21,22,24). The van der Waals surface area contributed by atoms with Crippen LogP contribution in [-0.4, -0.2) is 33.4 Å². The summed E-state index contributed by atoms with van der Waals surface area (Å²) in [5, 5.41) is 4.90. The van der Waals surface area contributed by atoms with E-state index in [1.165, 1.54) is 11.3 Å². The molecule has 1 aromatic carbocycles. The molecule has 0 atom stereocenters. The first kappa shape index (κ1) is 17.9. The summed E-state index contributed by atoms with van der Waals surface area (Å²) >= 11 is 1.26. The Bertz CT molecular complexity index is 984. The number of nitrogens with one attached hydrogen (secondary N) is 1. The van der Waals surface area contributed by atoms with Crippen molar-refractivity contribution in [3.63, 3.8) is 0 Å². The maximum absolute atomic E-state index is 12.5. The highest BCUT2D eigenvalue weighted by Gasteiger charge is 2.13. The number of carbonyl (C=O) groups is 2. The van der Waals surface area contributed by atoms with E-state index in [0.29, 0.717) is 28.5 Å². The van der Waals surface area contributed by atoms with E-state index in [1.54, 1.807) is 30.5 Å². The van der Waals surface area contributed by atoms with Gasteiger partial charge in [0.1, 0.15) is 0 Å². The third-order valence-electron chi connectivity index (χ3n) is 3.74. The Labute approximate surface area is 154 Å². The minimum Gasteiger partial charge on any atom is -0.466 e. The Kier molecular flexibility index (Phi) is 5.22. The maximum atomic E-state index is 12.5. The SMILES string of the molecule is CCOC(=O)Cc1csc(NC(=O)c2ccc3nc(C)c(C)nc3c2)n1. The Balaban J connectivity index is 1.74. The molecule has 3 rings (SSSR count). The third-order valence-corrected chi connectivity index (χ3v) is 4.55. The van der Waals surface area contributed by atoms with Gasteiger partial charge in [0, 0.05) is 10.9 Å². The van der Waals surface area contributed by atoms with Gasteiger partial charge in [-0.25, -0.2) is 15.0 Å². The number of fused-ring (bicyclic) bond motifs is 1. The molecule has 0 aliphatic carbocycles. The molecule has 0 bridgehead atoms. The number of anilines is 1. The summed E-state index contributed by atoms with van der Waals surface area (Å²) in [6.07, 6.45) is 0.0877. The molecule has 7 nitrogen and oxygen atoms in total. The number of esters is 1. The van der Waals surface area contributed by atoms with E-state index < -0.39 is 0 Å². The van der Waals surface area contributed by atoms with Gasteiger partial charge < -0.3 is 4.74 Å². The number of ether oxygens (including phenoxy) is 1. The number of hydrogen-bond donors (Lipinski definition) is 1. The van der Waals surface area contributed by atoms with E-state index in [2.05, 4.69) is 20.3 Å². The number of aromatic nitrogens is 3. The zero-order valence-electron chi connectivity index (χ0n) is 14.7. The van der Waals surface area contributed by atoms with Crippen molar-refractivity contribution in [3.05, 3.63) is 46.2 Å². The number of hydrogen-bond acceptors (Lipinski definition) is 7. The van der Waals surface area contributed by atoms with Crippen molar-refractivity contribution in [1.29, 1.82) is 0 Å². The van der Waals surface area contributed by atoms with E-state index in [-0.39, 0.29) is 18.3 Å². The molecule has 26 heavy (non-hydrogen) atoms. The average molecular weight is 370 g/mol. The molecule has 1 amide bonds. The summed E-state index contributed by atoms with van der Waals surface area (Å²) < 4.78 is 4.89. The van der Waals surface area contributed by atoms with Gasteiger partial charge in [-0.1, -0.05) is 0 Å². The molecule has 134 valence electrons. The lowest BCUT2D eigenvalue weighted by atomic mass is 10.1. The average Bonchev–Trinajstić information content (AvgIpc) is 3.02. The largest absolute Gasteiger partial charge is 0.466 e. The first-order valence-corrected chi connectivity index (χ1v) is 9.00. The summed E-state index contributed by atoms with van der Waals surface area (Å²) in [7, 11) is 0. The van der Waals surface area contributed by atoms with Crippen LogP contribution >= 0.6 is 11.3 Å². The number of thiazole rings is 1. The van der Waals surface area contributed by atoms with Gasteiger partial charge >= 0.3 is 5.97 Å². The summed E-state index contributed by atoms with van der Waals surface area (Å²) in [5.41, 5.74) is 4.15. The van der Waals surface area contributed by atoms with Crippen LogP contribution in [-0.2, 0) is 16.0 Å². The molecule has 0 spiro atoms. The molecule has 0 aliphatic heterocycles. The van der Waals surface area contributed by atoms with Crippen molar-refractivity contribution in [2.24, 2.45) is 0 Å². The normalized spacial score (nSPS) is 10.7. The molecule has 0 aliphatic rings. The summed E-state index contributed by atoms with van der Waals surface area (Å²) in [4.78, 5) is 37.1. The lowest BCUT2D eigenvalue weighted by Gasteiger charge is -2.05. The fraction of sp³-hybridized carbons (Fsp3) is 0.278. The molecule has 8 heteroatoms. The minimum absolute atomic E-state index is 0.0877. The Morgan fingerprint density at radius 3 is 2.58 bits per heavy atom. The number of nitrogens with zero attached hydrogens (tertiary/aromatic N) is 3. The fourth-order valence-electron chi connectivity index (χ4n) is 2.35. The molecule has 0 radical (unpaired) electrons. The molecule has 3 aromatic rings. The highest BCUT2D eigenvalue weighted by Crippen LogP contribution is 2.19. The second-order valence-corrected chi connectivity index (χ2v) is 6.54. The molecular weight excluding hydrogens is 352 g/mol. The smallest absolute Gasteiger partial charge is 0.311 e. The van der Waals surface area contributed by atoms with Crippen LogP contribution in [0.5, 0.6) is 0 Å². The van der Waals surface area contributed by atoms with Crippen LogP contribution in [0.25, 0.3) is 11.0 Å². The number of carbonyl (C=O) groups excluding carboxylic acids is 2. The molecule has 2 aromatic heterocycles. The third kappa shape index (κ3) is 4.02. The van der Waals surface area contributed by atoms with Crippen molar-refractivity contribution in [2.75, 3.05) is 11.9 Å². The monoisotopic (exact) mass is 370 g/mol. The van der Waals surface area contributed by atoms with Crippen LogP contribution in [0, 0.1) is 13.8 Å². The van der Waals surface area contributed by atoms with Crippen LogP contribution in [0.3, 0.4) is 0 Å². The van der Waals surface area contributed by atoms with Crippen LogP contribution in [0.2, 0.25) is 0 Å². The van der Waals surface area contributed by atoms with E-state index in [1.807, 2.05) is 13.8 Å². The van der Waals surface area contributed by atoms with Crippen molar-refractivity contribution >= 4 is 39.4 Å². The Hall–Kier alpha value is -2.87. The van der Waals surface area contributed by atoms with Gasteiger partial charge in [0.25, 0.3) is 5.91 Å². The van der Waals surface area contributed by atoms with Crippen LogP contribution < -0.4 is 5.32 Å². The number of aryl methyl sites for hydroxylation is 2. The fourth-order valence-corrected chi connectivity index (χ4v) is 3.05. The highest BCUT2D eigenvalue weighted by molar-refractivity contribution is 7.14. The minimum atomic E-state index is -0.338. The quantitative estimate of drug-likeness (QED) is 0.694. The van der Waals surface area contributed by atoms with Gasteiger partial charge in [-0.2, -0.15) is 0 Å².